The Morgan fingerprint density at radius 1 is 1.33 bits per heavy atom. The van der Waals surface area contributed by atoms with E-state index in [0.717, 1.165) is 0 Å². The van der Waals surface area contributed by atoms with Crippen LogP contribution in [0.15, 0.2) is 29.0 Å². The van der Waals surface area contributed by atoms with Crippen LogP contribution in [0.5, 0.6) is 0 Å². The zero-order valence-corrected chi connectivity index (χ0v) is 12.1. The number of nitrogens with zero attached hydrogens (tertiary/aromatic N) is 1. The first-order valence-electron chi connectivity index (χ1n) is 5.71. The first-order chi connectivity index (χ1) is 8.66. The highest BCUT2D eigenvalue weighted by atomic mass is 32.1. The Morgan fingerprint density at radius 3 is 2.78 bits per heavy atom. The number of urea groups is 1. The molecule has 0 saturated heterocycles. The number of carbonyl (C=O) groups excluding carboxylic acids is 1. The van der Waals surface area contributed by atoms with E-state index in [2.05, 4.69) is 23.7 Å². The minimum Gasteiger partial charge on any atom is -0.333 e. The summed E-state index contributed by atoms with van der Waals surface area (Å²) in [4.78, 5) is 16.0. The molecule has 0 spiro atoms. The van der Waals surface area contributed by atoms with Gasteiger partial charge >= 0.3 is 6.03 Å². The highest BCUT2D eigenvalue weighted by Crippen LogP contribution is 2.17. The quantitative estimate of drug-likeness (QED) is 0.914. The molecule has 0 atom stereocenters. The largest absolute Gasteiger partial charge is 0.333 e. The monoisotopic (exact) mass is 280 g/mol. The van der Waals surface area contributed by atoms with Gasteiger partial charge in [-0.2, -0.15) is 0 Å². The van der Waals surface area contributed by atoms with Gasteiger partial charge < -0.3 is 10.2 Å². The van der Waals surface area contributed by atoms with Crippen LogP contribution < -0.4 is 5.32 Å². The van der Waals surface area contributed by atoms with Gasteiger partial charge in [-0.15, -0.1) is 22.7 Å². The van der Waals surface area contributed by atoms with Crippen LogP contribution >= 0.6 is 22.7 Å². The standard InChI is InChI=1S/C13H16N2OS2/c1-10-5-7-18-12(10)9-15(2)13(16)14-8-11-4-3-6-17-11/h3-7H,8-9H2,1-2H3,(H,14,16). The highest BCUT2D eigenvalue weighted by molar-refractivity contribution is 7.10. The summed E-state index contributed by atoms with van der Waals surface area (Å²) < 4.78 is 0. The summed E-state index contributed by atoms with van der Waals surface area (Å²) in [5, 5.41) is 6.99. The maximum atomic E-state index is 11.9. The average Bonchev–Trinajstić information content (AvgIpc) is 2.99. The maximum absolute atomic E-state index is 11.9. The second-order valence-electron chi connectivity index (χ2n) is 4.12. The number of hydrogen-bond donors (Lipinski definition) is 1. The number of nitrogens with one attached hydrogen (secondary N) is 1. The predicted molar refractivity (Wildman–Crippen MR) is 77.1 cm³/mol. The van der Waals surface area contributed by atoms with Crippen LogP contribution in [0.2, 0.25) is 0 Å². The van der Waals surface area contributed by atoms with E-state index < -0.39 is 0 Å². The second kappa shape index (κ2) is 6.02. The average molecular weight is 280 g/mol. The molecule has 2 aromatic heterocycles. The first kappa shape index (κ1) is 13.1. The number of amides is 2. The van der Waals surface area contributed by atoms with E-state index in [0.29, 0.717) is 13.1 Å². The van der Waals surface area contributed by atoms with Gasteiger partial charge in [0, 0.05) is 16.8 Å². The molecule has 5 heteroatoms. The molecular formula is C13H16N2OS2. The van der Waals surface area contributed by atoms with Gasteiger partial charge in [0.05, 0.1) is 13.1 Å². The summed E-state index contributed by atoms with van der Waals surface area (Å²) in [6.07, 6.45) is 0. The van der Waals surface area contributed by atoms with Crippen molar-refractivity contribution in [1.29, 1.82) is 0 Å². The zero-order valence-electron chi connectivity index (χ0n) is 10.5. The molecule has 0 bridgehead atoms. The molecule has 3 nitrogen and oxygen atoms in total. The molecule has 0 saturated carbocycles. The summed E-state index contributed by atoms with van der Waals surface area (Å²) in [5.74, 6) is 0. The number of aryl methyl sites for hydroxylation is 1. The van der Waals surface area contributed by atoms with Crippen LogP contribution in [-0.4, -0.2) is 18.0 Å². The highest BCUT2D eigenvalue weighted by Gasteiger charge is 2.10. The van der Waals surface area contributed by atoms with Gasteiger partial charge in [0.15, 0.2) is 0 Å². The van der Waals surface area contributed by atoms with E-state index >= 15 is 0 Å². The molecule has 0 fully saturated rings. The van der Waals surface area contributed by atoms with E-state index in [9.17, 15) is 4.79 Å². The van der Waals surface area contributed by atoms with E-state index in [1.54, 1.807) is 27.6 Å². The number of carbonyl (C=O) groups is 1. The van der Waals surface area contributed by atoms with Crippen molar-refractivity contribution in [2.24, 2.45) is 0 Å². The fourth-order valence-electron chi connectivity index (χ4n) is 1.56. The maximum Gasteiger partial charge on any atom is 0.317 e. The van der Waals surface area contributed by atoms with Crippen molar-refractivity contribution in [1.82, 2.24) is 10.2 Å². The molecule has 0 aliphatic carbocycles. The molecule has 2 heterocycles. The fraction of sp³-hybridized carbons (Fsp3) is 0.308. The second-order valence-corrected chi connectivity index (χ2v) is 6.15. The third-order valence-corrected chi connectivity index (χ3v) is 4.57. The number of hydrogen-bond acceptors (Lipinski definition) is 3. The Morgan fingerprint density at radius 2 is 2.17 bits per heavy atom. The molecule has 2 aromatic rings. The van der Waals surface area contributed by atoms with Crippen molar-refractivity contribution >= 4 is 28.7 Å². The summed E-state index contributed by atoms with van der Waals surface area (Å²) in [6, 6.07) is 6.06. The Labute approximate surface area is 115 Å². The van der Waals surface area contributed by atoms with Crippen molar-refractivity contribution in [2.75, 3.05) is 7.05 Å². The van der Waals surface area contributed by atoms with Crippen molar-refractivity contribution in [2.45, 2.75) is 20.0 Å². The summed E-state index contributed by atoms with van der Waals surface area (Å²) >= 11 is 3.34. The van der Waals surface area contributed by atoms with E-state index in [4.69, 9.17) is 0 Å². The lowest BCUT2D eigenvalue weighted by Gasteiger charge is -2.17. The van der Waals surface area contributed by atoms with Gasteiger partial charge in [-0.05, 0) is 35.4 Å². The molecule has 2 amide bonds. The van der Waals surface area contributed by atoms with Gasteiger partial charge in [-0.1, -0.05) is 6.07 Å². The molecule has 18 heavy (non-hydrogen) atoms. The molecule has 0 aliphatic rings. The van der Waals surface area contributed by atoms with Crippen LogP contribution in [0.25, 0.3) is 0 Å². The molecule has 0 aliphatic heterocycles. The van der Waals surface area contributed by atoms with Crippen LogP contribution in [0.1, 0.15) is 15.3 Å². The van der Waals surface area contributed by atoms with Gasteiger partial charge in [0.25, 0.3) is 0 Å². The van der Waals surface area contributed by atoms with Gasteiger partial charge in [0.2, 0.25) is 0 Å². The SMILES string of the molecule is Cc1ccsc1CN(C)C(=O)NCc1cccs1. The van der Waals surface area contributed by atoms with Crippen molar-refractivity contribution in [3.8, 4) is 0 Å². The molecule has 0 aromatic carbocycles. The Bertz CT molecular complexity index is 505. The summed E-state index contributed by atoms with van der Waals surface area (Å²) in [6.45, 7) is 3.34. The van der Waals surface area contributed by atoms with Crippen molar-refractivity contribution < 1.29 is 4.79 Å². The molecular weight excluding hydrogens is 264 g/mol. The topological polar surface area (TPSA) is 32.3 Å². The van der Waals surface area contributed by atoms with Crippen LogP contribution in [0, 0.1) is 6.92 Å². The third kappa shape index (κ3) is 3.34. The number of thiophene rings is 2. The van der Waals surface area contributed by atoms with Gasteiger partial charge in [-0.3, -0.25) is 0 Å². The van der Waals surface area contributed by atoms with Gasteiger partial charge in [-0.25, -0.2) is 4.79 Å². The lowest BCUT2D eigenvalue weighted by atomic mass is 10.3. The fourth-order valence-corrected chi connectivity index (χ4v) is 3.17. The Balaban J connectivity index is 1.83. The molecule has 96 valence electrons. The Hall–Kier alpha value is -1.33. The van der Waals surface area contributed by atoms with Crippen molar-refractivity contribution in [3.05, 3.63) is 44.3 Å². The van der Waals surface area contributed by atoms with E-state index in [1.165, 1.54) is 15.3 Å². The number of rotatable bonds is 4. The zero-order chi connectivity index (χ0) is 13.0. The summed E-state index contributed by atoms with van der Waals surface area (Å²) in [7, 11) is 1.82. The van der Waals surface area contributed by atoms with Crippen molar-refractivity contribution in [3.63, 3.8) is 0 Å². The minimum absolute atomic E-state index is 0.0313. The minimum atomic E-state index is -0.0313. The predicted octanol–water partition coefficient (Wildman–Crippen LogP) is 3.46. The first-order valence-corrected chi connectivity index (χ1v) is 7.47. The Kier molecular flexibility index (Phi) is 4.38. The molecule has 2 rings (SSSR count). The molecule has 0 unspecified atom stereocenters. The lowest BCUT2D eigenvalue weighted by molar-refractivity contribution is 0.207. The smallest absolute Gasteiger partial charge is 0.317 e. The lowest BCUT2D eigenvalue weighted by Crippen LogP contribution is -2.36. The van der Waals surface area contributed by atoms with E-state index in [1.807, 2.05) is 24.6 Å². The molecule has 1 N–H and O–H groups in total. The third-order valence-electron chi connectivity index (χ3n) is 2.69. The van der Waals surface area contributed by atoms with Crippen LogP contribution in [0.4, 0.5) is 4.79 Å². The molecule has 0 radical (unpaired) electrons. The van der Waals surface area contributed by atoms with Crippen LogP contribution in [-0.2, 0) is 13.1 Å². The van der Waals surface area contributed by atoms with Crippen LogP contribution in [0.3, 0.4) is 0 Å². The van der Waals surface area contributed by atoms with E-state index in [-0.39, 0.29) is 6.03 Å². The summed E-state index contributed by atoms with van der Waals surface area (Å²) in [5.41, 5.74) is 1.25. The normalized spacial score (nSPS) is 10.3. The van der Waals surface area contributed by atoms with Gasteiger partial charge in [0.1, 0.15) is 0 Å².